The maximum absolute atomic E-state index is 6.47. The Labute approximate surface area is 182 Å². The Hall–Kier alpha value is -1.46. The van der Waals surface area contributed by atoms with Crippen molar-refractivity contribution in [2.45, 2.75) is 70.6 Å². The largest absolute Gasteiger partial charge is 0.369 e. The zero-order valence-electron chi connectivity index (χ0n) is 18.9. The molecule has 1 spiro atoms. The molecule has 0 amide bonds. The number of fused-ring (bicyclic) bond motifs is 1. The number of nitrogens with one attached hydrogen (secondary N) is 1. The summed E-state index contributed by atoms with van der Waals surface area (Å²) >= 11 is 0. The first-order valence-electron chi connectivity index (χ1n) is 12.2. The molecule has 2 aliphatic heterocycles. The van der Waals surface area contributed by atoms with Crippen LogP contribution in [0.1, 0.15) is 70.5 Å². The molecule has 30 heavy (non-hydrogen) atoms. The normalized spacial score (nSPS) is 24.6. The molecule has 0 saturated carbocycles. The van der Waals surface area contributed by atoms with Crippen molar-refractivity contribution in [3.8, 4) is 0 Å². The van der Waals surface area contributed by atoms with Crippen molar-refractivity contribution in [2.24, 2.45) is 0 Å². The molecule has 2 aromatic carbocycles. The van der Waals surface area contributed by atoms with E-state index in [1.807, 2.05) is 0 Å². The summed E-state index contributed by atoms with van der Waals surface area (Å²) in [5.41, 5.74) is 1.20. The minimum atomic E-state index is -0.0981. The van der Waals surface area contributed by atoms with Gasteiger partial charge in [0.05, 0.1) is 6.61 Å². The van der Waals surface area contributed by atoms with Gasteiger partial charge in [0.2, 0.25) is 0 Å². The second-order valence-corrected chi connectivity index (χ2v) is 8.95. The zero-order chi connectivity index (χ0) is 20.8. The van der Waals surface area contributed by atoms with Crippen LogP contribution in [0.25, 0.3) is 10.8 Å². The molecular formula is C26H39N3O. The molecule has 4 nitrogen and oxygen atoms in total. The fourth-order valence-corrected chi connectivity index (χ4v) is 5.15. The van der Waals surface area contributed by atoms with Crippen LogP contribution in [-0.2, 0) is 4.74 Å². The molecule has 2 atom stereocenters. The Morgan fingerprint density at radius 2 is 1.73 bits per heavy atom. The highest BCUT2D eigenvalue weighted by molar-refractivity contribution is 5.83. The first-order valence-corrected chi connectivity index (χ1v) is 12.2. The van der Waals surface area contributed by atoms with Gasteiger partial charge in [-0.1, -0.05) is 75.9 Å². The highest BCUT2D eigenvalue weighted by Crippen LogP contribution is 2.44. The zero-order valence-corrected chi connectivity index (χ0v) is 18.9. The number of hydrogen-bond acceptors (Lipinski definition) is 4. The molecular weight excluding hydrogens is 370 g/mol. The lowest BCUT2D eigenvalue weighted by molar-refractivity contribution is -0.257. The number of ether oxygens (including phenoxy) is 1. The molecule has 0 aliphatic carbocycles. The average Bonchev–Trinajstić information content (AvgIpc) is 2.78. The number of nitrogens with zero attached hydrogens (tertiary/aromatic N) is 2. The smallest absolute Gasteiger partial charge is 0.117 e. The second-order valence-electron chi connectivity index (χ2n) is 8.95. The van der Waals surface area contributed by atoms with Gasteiger partial charge in [-0.05, 0) is 41.7 Å². The van der Waals surface area contributed by atoms with Crippen LogP contribution in [0.4, 0.5) is 0 Å². The minimum absolute atomic E-state index is 0.0736. The van der Waals surface area contributed by atoms with Crippen LogP contribution in [0, 0.1) is 0 Å². The Morgan fingerprint density at radius 1 is 1.00 bits per heavy atom. The standard InChI is InChI=1S/C26H39N3O/c1-3-5-9-17-28(18-10-6-4-2)29-19-15-26(29)25(30-20-16-27-26)24-14-13-22-11-7-8-12-23(22)21-24/h7-8,11-14,21,25,27H,3-6,9-10,15-20H2,1-2H3. The number of hydrazine groups is 1. The van der Waals surface area contributed by atoms with E-state index in [2.05, 4.69) is 71.6 Å². The van der Waals surface area contributed by atoms with Crippen LogP contribution >= 0.6 is 0 Å². The van der Waals surface area contributed by atoms with Gasteiger partial charge in [0.25, 0.3) is 0 Å². The summed E-state index contributed by atoms with van der Waals surface area (Å²) in [5, 5.41) is 11.8. The van der Waals surface area contributed by atoms with E-state index >= 15 is 0 Å². The summed E-state index contributed by atoms with van der Waals surface area (Å²) in [6.07, 6.45) is 8.93. The minimum Gasteiger partial charge on any atom is -0.369 e. The Kier molecular flexibility index (Phi) is 7.42. The molecule has 2 unspecified atom stereocenters. The van der Waals surface area contributed by atoms with Crippen LogP contribution in [0.2, 0.25) is 0 Å². The SMILES string of the molecule is CCCCCN(CCCCC)N1CCC12NCCOC2c1ccc2ccccc2c1. The Bertz CT molecular complexity index is 800. The molecule has 4 heteroatoms. The van der Waals surface area contributed by atoms with E-state index in [-0.39, 0.29) is 11.8 Å². The van der Waals surface area contributed by atoms with Gasteiger partial charge in [-0.3, -0.25) is 5.32 Å². The molecule has 1 N–H and O–H groups in total. The predicted octanol–water partition coefficient (Wildman–Crippen LogP) is 5.50. The van der Waals surface area contributed by atoms with E-state index in [4.69, 9.17) is 4.74 Å². The Balaban J connectivity index is 1.58. The van der Waals surface area contributed by atoms with Gasteiger partial charge in [-0.2, -0.15) is 0 Å². The summed E-state index contributed by atoms with van der Waals surface area (Å²) in [6.45, 7) is 9.73. The number of rotatable bonds is 10. The molecule has 2 heterocycles. The lowest BCUT2D eigenvalue weighted by Crippen LogP contribution is -2.77. The molecule has 0 bridgehead atoms. The topological polar surface area (TPSA) is 27.7 Å². The lowest BCUT2D eigenvalue weighted by Gasteiger charge is -2.61. The lowest BCUT2D eigenvalue weighted by atomic mass is 9.84. The first-order chi connectivity index (χ1) is 14.8. The molecule has 164 valence electrons. The third kappa shape index (κ3) is 4.43. The highest BCUT2D eigenvalue weighted by atomic mass is 16.5. The number of unbranched alkanes of at least 4 members (excludes halogenated alkanes) is 4. The van der Waals surface area contributed by atoms with E-state index in [9.17, 15) is 0 Å². The molecule has 0 aromatic heterocycles. The van der Waals surface area contributed by atoms with Gasteiger partial charge in [-0.25, -0.2) is 10.0 Å². The van der Waals surface area contributed by atoms with E-state index < -0.39 is 0 Å². The highest BCUT2D eigenvalue weighted by Gasteiger charge is 2.55. The average molecular weight is 410 g/mol. The van der Waals surface area contributed by atoms with Crippen molar-refractivity contribution in [2.75, 3.05) is 32.8 Å². The third-order valence-electron chi connectivity index (χ3n) is 6.87. The van der Waals surface area contributed by atoms with Crippen LogP contribution in [0.5, 0.6) is 0 Å². The maximum Gasteiger partial charge on any atom is 0.117 e. The molecule has 4 rings (SSSR count). The maximum atomic E-state index is 6.47. The summed E-state index contributed by atoms with van der Waals surface area (Å²) < 4.78 is 6.47. The van der Waals surface area contributed by atoms with Crippen molar-refractivity contribution in [3.05, 3.63) is 48.0 Å². The van der Waals surface area contributed by atoms with Crippen molar-refractivity contribution in [1.29, 1.82) is 0 Å². The molecule has 2 aliphatic rings. The summed E-state index contributed by atoms with van der Waals surface area (Å²) in [7, 11) is 0. The molecule has 2 saturated heterocycles. The van der Waals surface area contributed by atoms with Crippen molar-refractivity contribution in [1.82, 2.24) is 15.3 Å². The van der Waals surface area contributed by atoms with E-state index in [1.165, 1.54) is 54.9 Å². The van der Waals surface area contributed by atoms with Gasteiger partial charge in [0.1, 0.15) is 11.8 Å². The summed E-state index contributed by atoms with van der Waals surface area (Å²) in [5.74, 6) is 0. The van der Waals surface area contributed by atoms with E-state index in [0.29, 0.717) is 0 Å². The monoisotopic (exact) mass is 409 g/mol. The van der Waals surface area contributed by atoms with Gasteiger partial charge < -0.3 is 4.74 Å². The van der Waals surface area contributed by atoms with Crippen LogP contribution < -0.4 is 5.32 Å². The third-order valence-corrected chi connectivity index (χ3v) is 6.87. The number of hydrogen-bond donors (Lipinski definition) is 1. The second kappa shape index (κ2) is 10.2. The van der Waals surface area contributed by atoms with Gasteiger partial charge in [-0.15, -0.1) is 0 Å². The quantitative estimate of drug-likeness (QED) is 0.524. The first kappa shape index (κ1) is 21.8. The van der Waals surface area contributed by atoms with Crippen molar-refractivity contribution >= 4 is 10.8 Å². The summed E-state index contributed by atoms with van der Waals surface area (Å²) in [6, 6.07) is 15.5. The fourth-order valence-electron chi connectivity index (χ4n) is 5.15. The predicted molar refractivity (Wildman–Crippen MR) is 125 cm³/mol. The van der Waals surface area contributed by atoms with E-state index in [0.717, 1.165) is 39.2 Å². The van der Waals surface area contributed by atoms with Crippen molar-refractivity contribution in [3.63, 3.8) is 0 Å². The molecule has 2 aromatic rings. The van der Waals surface area contributed by atoms with Crippen LogP contribution in [-0.4, -0.2) is 48.5 Å². The Morgan fingerprint density at radius 3 is 2.40 bits per heavy atom. The fraction of sp³-hybridized carbons (Fsp3) is 0.615. The van der Waals surface area contributed by atoms with Crippen molar-refractivity contribution < 1.29 is 4.74 Å². The number of benzene rings is 2. The van der Waals surface area contributed by atoms with Gasteiger partial charge in [0, 0.05) is 26.2 Å². The molecule has 2 fully saturated rings. The van der Waals surface area contributed by atoms with Crippen LogP contribution in [0.15, 0.2) is 42.5 Å². The number of morpholine rings is 1. The van der Waals surface area contributed by atoms with E-state index in [1.54, 1.807) is 0 Å². The summed E-state index contributed by atoms with van der Waals surface area (Å²) in [4.78, 5) is 0. The molecule has 0 radical (unpaired) electrons. The van der Waals surface area contributed by atoms with Gasteiger partial charge >= 0.3 is 0 Å². The van der Waals surface area contributed by atoms with Gasteiger partial charge in [0.15, 0.2) is 0 Å². The van der Waals surface area contributed by atoms with Crippen LogP contribution in [0.3, 0.4) is 0 Å².